The van der Waals surface area contributed by atoms with Gasteiger partial charge in [0, 0.05) is 22.5 Å². The van der Waals surface area contributed by atoms with Gasteiger partial charge in [0.2, 0.25) is 0 Å². The second-order valence-electron chi connectivity index (χ2n) is 5.63. The maximum absolute atomic E-state index is 5.93. The number of fused-ring (bicyclic) bond motifs is 1. The van der Waals surface area contributed by atoms with Crippen LogP contribution in [0.4, 0.5) is 0 Å². The fourth-order valence-electron chi connectivity index (χ4n) is 2.81. The Morgan fingerprint density at radius 3 is 2.90 bits per heavy atom. The molecule has 0 radical (unpaired) electrons. The number of ether oxygens (including phenoxy) is 1. The van der Waals surface area contributed by atoms with Gasteiger partial charge in [-0.1, -0.05) is 15.9 Å². The molecule has 3 atom stereocenters. The molecule has 0 amide bonds. The van der Waals surface area contributed by atoms with Crippen LogP contribution in [-0.2, 0) is 4.74 Å². The lowest BCUT2D eigenvalue weighted by atomic mass is 10.00. The van der Waals surface area contributed by atoms with Crippen LogP contribution in [0.15, 0.2) is 33.2 Å². The van der Waals surface area contributed by atoms with Crippen LogP contribution in [0.3, 0.4) is 0 Å². The summed E-state index contributed by atoms with van der Waals surface area (Å²) in [6, 6.07) is 8.86. The highest BCUT2D eigenvalue weighted by Crippen LogP contribution is 2.27. The van der Waals surface area contributed by atoms with Crippen molar-refractivity contribution in [3.63, 3.8) is 0 Å². The van der Waals surface area contributed by atoms with Gasteiger partial charge in [0.15, 0.2) is 0 Å². The van der Waals surface area contributed by atoms with Crippen LogP contribution in [0.5, 0.6) is 0 Å². The van der Waals surface area contributed by atoms with Gasteiger partial charge in [0.05, 0.1) is 12.6 Å². The molecule has 2 aromatic rings. The Kier molecular flexibility index (Phi) is 4.15. The van der Waals surface area contributed by atoms with Gasteiger partial charge in [-0.3, -0.25) is 0 Å². The molecular formula is C16H20BrNO2. The largest absolute Gasteiger partial charge is 0.459 e. The minimum absolute atomic E-state index is 0.205. The maximum atomic E-state index is 5.93. The molecule has 1 aliphatic rings. The number of halogens is 1. The SMILES string of the molecule is CC(NC(C)C1CCOC1)c1cc2cc(Br)ccc2o1. The Balaban J connectivity index is 1.72. The van der Waals surface area contributed by atoms with Gasteiger partial charge >= 0.3 is 0 Å². The van der Waals surface area contributed by atoms with E-state index in [-0.39, 0.29) is 6.04 Å². The summed E-state index contributed by atoms with van der Waals surface area (Å²) < 4.78 is 12.5. The molecule has 3 nitrogen and oxygen atoms in total. The predicted octanol–water partition coefficient (Wildman–Crippen LogP) is 4.27. The predicted molar refractivity (Wildman–Crippen MR) is 83.9 cm³/mol. The quantitative estimate of drug-likeness (QED) is 0.904. The van der Waals surface area contributed by atoms with Crippen LogP contribution in [0, 0.1) is 5.92 Å². The molecule has 1 fully saturated rings. The van der Waals surface area contributed by atoms with Crippen LogP contribution in [0.1, 0.15) is 32.1 Å². The third kappa shape index (κ3) is 2.92. The molecule has 2 heterocycles. The average Bonchev–Trinajstić information content (AvgIpc) is 3.07. The van der Waals surface area contributed by atoms with Gasteiger partial charge in [0.25, 0.3) is 0 Å². The van der Waals surface area contributed by atoms with E-state index >= 15 is 0 Å². The molecule has 0 spiro atoms. The van der Waals surface area contributed by atoms with Crippen LogP contribution in [0.2, 0.25) is 0 Å². The Morgan fingerprint density at radius 2 is 2.15 bits per heavy atom. The second-order valence-corrected chi connectivity index (χ2v) is 6.55. The first-order chi connectivity index (χ1) is 9.63. The zero-order chi connectivity index (χ0) is 14.1. The number of nitrogens with one attached hydrogen (secondary N) is 1. The highest BCUT2D eigenvalue weighted by Gasteiger charge is 2.24. The molecule has 3 rings (SSSR count). The highest BCUT2D eigenvalue weighted by atomic mass is 79.9. The Bertz CT molecular complexity index is 589. The van der Waals surface area contributed by atoms with Crippen LogP contribution < -0.4 is 5.32 Å². The Labute approximate surface area is 127 Å². The molecule has 1 N–H and O–H groups in total. The number of hydrogen-bond acceptors (Lipinski definition) is 3. The topological polar surface area (TPSA) is 34.4 Å². The Hall–Kier alpha value is -0.840. The fourth-order valence-corrected chi connectivity index (χ4v) is 3.19. The van der Waals surface area contributed by atoms with E-state index in [9.17, 15) is 0 Å². The minimum atomic E-state index is 0.205. The zero-order valence-corrected chi connectivity index (χ0v) is 13.4. The van der Waals surface area contributed by atoms with Gasteiger partial charge in [0.1, 0.15) is 11.3 Å². The molecule has 0 saturated carbocycles. The molecular weight excluding hydrogens is 318 g/mol. The summed E-state index contributed by atoms with van der Waals surface area (Å²) >= 11 is 3.49. The molecule has 4 heteroatoms. The summed E-state index contributed by atoms with van der Waals surface area (Å²) in [4.78, 5) is 0. The van der Waals surface area contributed by atoms with E-state index in [1.54, 1.807) is 0 Å². The first-order valence-electron chi connectivity index (χ1n) is 7.16. The molecule has 1 aromatic heterocycles. The standard InChI is InChI=1S/C16H20BrNO2/c1-10(12-5-6-19-9-12)18-11(2)16-8-13-7-14(17)3-4-15(13)20-16/h3-4,7-8,10-12,18H,5-6,9H2,1-2H3. The summed E-state index contributed by atoms with van der Waals surface area (Å²) in [7, 11) is 0. The summed E-state index contributed by atoms with van der Waals surface area (Å²) in [6.07, 6.45) is 1.15. The third-order valence-electron chi connectivity index (χ3n) is 4.11. The van der Waals surface area contributed by atoms with E-state index in [1.807, 2.05) is 12.1 Å². The van der Waals surface area contributed by atoms with Crippen LogP contribution in [-0.4, -0.2) is 19.3 Å². The van der Waals surface area contributed by atoms with Gasteiger partial charge in [-0.15, -0.1) is 0 Å². The van der Waals surface area contributed by atoms with Crippen LogP contribution in [0.25, 0.3) is 11.0 Å². The van der Waals surface area contributed by atoms with Crippen molar-refractivity contribution in [3.05, 3.63) is 34.5 Å². The molecule has 1 aliphatic heterocycles. The van der Waals surface area contributed by atoms with Gasteiger partial charge in [-0.05, 0) is 50.5 Å². The Morgan fingerprint density at radius 1 is 1.30 bits per heavy atom. The smallest absolute Gasteiger partial charge is 0.134 e. The van der Waals surface area contributed by atoms with E-state index in [1.165, 1.54) is 0 Å². The summed E-state index contributed by atoms with van der Waals surface area (Å²) in [6.45, 7) is 6.14. The number of rotatable bonds is 4. The normalized spacial score (nSPS) is 22.2. The van der Waals surface area contributed by atoms with Crippen molar-refractivity contribution < 1.29 is 9.15 Å². The van der Waals surface area contributed by atoms with E-state index in [0.29, 0.717) is 12.0 Å². The van der Waals surface area contributed by atoms with Crippen molar-refractivity contribution in [2.75, 3.05) is 13.2 Å². The minimum Gasteiger partial charge on any atom is -0.459 e. The number of furan rings is 1. The first-order valence-corrected chi connectivity index (χ1v) is 7.95. The molecule has 1 aromatic carbocycles. The zero-order valence-electron chi connectivity index (χ0n) is 11.9. The van der Waals surface area contributed by atoms with Gasteiger partial charge in [-0.25, -0.2) is 0 Å². The molecule has 3 unspecified atom stereocenters. The van der Waals surface area contributed by atoms with Crippen molar-refractivity contribution in [2.24, 2.45) is 5.92 Å². The maximum Gasteiger partial charge on any atom is 0.134 e. The van der Waals surface area contributed by atoms with E-state index < -0.39 is 0 Å². The summed E-state index contributed by atoms with van der Waals surface area (Å²) in [5, 5.41) is 4.77. The van der Waals surface area contributed by atoms with E-state index in [2.05, 4.69) is 47.2 Å². The lowest BCUT2D eigenvalue weighted by Crippen LogP contribution is -2.35. The number of hydrogen-bond donors (Lipinski definition) is 1. The van der Waals surface area contributed by atoms with E-state index in [4.69, 9.17) is 9.15 Å². The summed E-state index contributed by atoms with van der Waals surface area (Å²) in [5.41, 5.74) is 0.939. The summed E-state index contributed by atoms with van der Waals surface area (Å²) in [5.74, 6) is 1.60. The second kappa shape index (κ2) is 5.88. The van der Waals surface area contributed by atoms with Crippen molar-refractivity contribution in [2.45, 2.75) is 32.4 Å². The third-order valence-corrected chi connectivity index (χ3v) is 4.60. The molecule has 20 heavy (non-hydrogen) atoms. The molecule has 1 saturated heterocycles. The lowest BCUT2D eigenvalue weighted by Gasteiger charge is -2.22. The fraction of sp³-hybridized carbons (Fsp3) is 0.500. The van der Waals surface area contributed by atoms with Crippen LogP contribution >= 0.6 is 15.9 Å². The monoisotopic (exact) mass is 337 g/mol. The van der Waals surface area contributed by atoms with Crippen molar-refractivity contribution >= 4 is 26.9 Å². The molecule has 0 aliphatic carbocycles. The highest BCUT2D eigenvalue weighted by molar-refractivity contribution is 9.10. The van der Waals surface area contributed by atoms with Crippen molar-refractivity contribution in [1.82, 2.24) is 5.32 Å². The van der Waals surface area contributed by atoms with E-state index in [0.717, 1.165) is 40.8 Å². The van der Waals surface area contributed by atoms with Gasteiger partial charge < -0.3 is 14.5 Å². The molecule has 108 valence electrons. The average molecular weight is 338 g/mol. The molecule has 0 bridgehead atoms. The van der Waals surface area contributed by atoms with Crippen molar-refractivity contribution in [3.8, 4) is 0 Å². The van der Waals surface area contributed by atoms with Gasteiger partial charge in [-0.2, -0.15) is 0 Å². The van der Waals surface area contributed by atoms with Crippen molar-refractivity contribution in [1.29, 1.82) is 0 Å². The first kappa shape index (κ1) is 14.1. The number of benzene rings is 1. The lowest BCUT2D eigenvalue weighted by molar-refractivity contribution is 0.176.